The summed E-state index contributed by atoms with van der Waals surface area (Å²) in [4.78, 5) is 0. The van der Waals surface area contributed by atoms with Gasteiger partial charge in [0.1, 0.15) is 24.1 Å². The molecule has 0 aliphatic rings. The van der Waals surface area contributed by atoms with Gasteiger partial charge in [-0.2, -0.15) is 0 Å². The SMILES string of the molecule is CCCCOC(CO)C(OCCCC)C(COCc1ccc(OC)cc1)OCCCC. The summed E-state index contributed by atoms with van der Waals surface area (Å²) in [6.45, 7) is 8.98. The lowest BCUT2D eigenvalue weighted by Gasteiger charge is -2.33. The summed E-state index contributed by atoms with van der Waals surface area (Å²) in [5.41, 5.74) is 1.06. The van der Waals surface area contributed by atoms with Crippen molar-refractivity contribution in [1.29, 1.82) is 0 Å². The van der Waals surface area contributed by atoms with E-state index in [4.69, 9.17) is 23.7 Å². The third-order valence-corrected chi connectivity index (χ3v) is 5.09. The molecule has 3 atom stereocenters. The molecule has 0 spiro atoms. The zero-order valence-corrected chi connectivity index (χ0v) is 20.0. The van der Waals surface area contributed by atoms with E-state index >= 15 is 0 Å². The molecule has 0 fully saturated rings. The summed E-state index contributed by atoms with van der Waals surface area (Å²) >= 11 is 0. The second-order valence-electron chi connectivity index (χ2n) is 7.76. The minimum absolute atomic E-state index is 0.105. The lowest BCUT2D eigenvalue weighted by atomic mass is 10.1. The summed E-state index contributed by atoms with van der Waals surface area (Å²) < 4.78 is 29.6. The summed E-state index contributed by atoms with van der Waals surface area (Å²) in [5.74, 6) is 0.823. The lowest BCUT2D eigenvalue weighted by molar-refractivity contribution is -0.166. The summed E-state index contributed by atoms with van der Waals surface area (Å²) in [5, 5.41) is 10.0. The van der Waals surface area contributed by atoms with Crippen molar-refractivity contribution in [1.82, 2.24) is 0 Å². The Morgan fingerprint density at radius 3 is 1.84 bits per heavy atom. The fraction of sp³-hybridized carbons (Fsp3) is 0.760. The van der Waals surface area contributed by atoms with E-state index in [2.05, 4.69) is 20.8 Å². The monoisotopic (exact) mass is 440 g/mol. The zero-order chi connectivity index (χ0) is 22.7. The van der Waals surface area contributed by atoms with Crippen LogP contribution in [0.15, 0.2) is 24.3 Å². The fourth-order valence-corrected chi connectivity index (χ4v) is 3.08. The maximum atomic E-state index is 10.0. The number of benzene rings is 1. The van der Waals surface area contributed by atoms with Crippen LogP contribution in [0.2, 0.25) is 0 Å². The molecule has 0 aromatic heterocycles. The second kappa shape index (κ2) is 18.4. The molecule has 0 amide bonds. The van der Waals surface area contributed by atoms with Crippen molar-refractivity contribution in [3.63, 3.8) is 0 Å². The van der Waals surface area contributed by atoms with Crippen molar-refractivity contribution < 1.29 is 28.8 Å². The third kappa shape index (κ3) is 11.9. The molecule has 0 aliphatic carbocycles. The van der Waals surface area contributed by atoms with Gasteiger partial charge < -0.3 is 28.8 Å². The van der Waals surface area contributed by atoms with Crippen LogP contribution in [0.1, 0.15) is 64.9 Å². The van der Waals surface area contributed by atoms with Crippen LogP contribution in [0.5, 0.6) is 5.75 Å². The molecule has 3 unspecified atom stereocenters. The lowest BCUT2D eigenvalue weighted by Crippen LogP contribution is -2.47. The Bertz CT molecular complexity index is 521. The molecule has 0 bridgehead atoms. The number of rotatable bonds is 20. The van der Waals surface area contributed by atoms with Gasteiger partial charge in [-0.05, 0) is 37.0 Å². The van der Waals surface area contributed by atoms with Crippen LogP contribution in [-0.2, 0) is 25.6 Å². The molecule has 1 N–H and O–H groups in total. The molecule has 0 heterocycles. The third-order valence-electron chi connectivity index (χ3n) is 5.09. The molecule has 6 heteroatoms. The Labute approximate surface area is 189 Å². The number of hydrogen-bond donors (Lipinski definition) is 1. The molecule has 31 heavy (non-hydrogen) atoms. The quantitative estimate of drug-likeness (QED) is 0.295. The fourth-order valence-electron chi connectivity index (χ4n) is 3.08. The van der Waals surface area contributed by atoms with Crippen LogP contribution in [0, 0.1) is 0 Å². The maximum Gasteiger partial charge on any atom is 0.118 e. The van der Waals surface area contributed by atoms with Crippen molar-refractivity contribution in [2.75, 3.05) is 40.1 Å². The van der Waals surface area contributed by atoms with E-state index in [0.717, 1.165) is 49.8 Å². The average molecular weight is 441 g/mol. The maximum absolute atomic E-state index is 10.0. The number of unbranched alkanes of at least 4 members (excludes halogenated alkanes) is 3. The van der Waals surface area contributed by atoms with Gasteiger partial charge in [0.2, 0.25) is 0 Å². The predicted molar refractivity (Wildman–Crippen MR) is 124 cm³/mol. The van der Waals surface area contributed by atoms with Gasteiger partial charge in [0.05, 0.1) is 26.9 Å². The van der Waals surface area contributed by atoms with Gasteiger partial charge in [-0.15, -0.1) is 0 Å². The van der Waals surface area contributed by atoms with Gasteiger partial charge in [-0.1, -0.05) is 52.2 Å². The number of aliphatic hydroxyl groups is 1. The highest BCUT2D eigenvalue weighted by Gasteiger charge is 2.32. The zero-order valence-electron chi connectivity index (χ0n) is 20.0. The van der Waals surface area contributed by atoms with E-state index in [0.29, 0.717) is 33.0 Å². The van der Waals surface area contributed by atoms with Crippen molar-refractivity contribution in [2.45, 2.75) is 84.2 Å². The summed E-state index contributed by atoms with van der Waals surface area (Å²) in [7, 11) is 1.66. The molecule has 1 rings (SSSR count). The number of aliphatic hydroxyl groups excluding tert-OH is 1. The van der Waals surface area contributed by atoms with Crippen LogP contribution < -0.4 is 4.74 Å². The average Bonchev–Trinajstić information content (AvgIpc) is 2.80. The van der Waals surface area contributed by atoms with E-state index in [1.807, 2.05) is 24.3 Å². The first-order chi connectivity index (χ1) is 15.2. The molecule has 0 saturated carbocycles. The topological polar surface area (TPSA) is 66.4 Å². The Kier molecular flexibility index (Phi) is 16.5. The van der Waals surface area contributed by atoms with Crippen LogP contribution >= 0.6 is 0 Å². The van der Waals surface area contributed by atoms with Crippen molar-refractivity contribution in [2.24, 2.45) is 0 Å². The Morgan fingerprint density at radius 2 is 1.32 bits per heavy atom. The minimum Gasteiger partial charge on any atom is -0.497 e. The summed E-state index contributed by atoms with van der Waals surface area (Å²) in [6, 6.07) is 7.83. The first-order valence-electron chi connectivity index (χ1n) is 11.9. The van der Waals surface area contributed by atoms with Crippen LogP contribution in [0.4, 0.5) is 0 Å². The van der Waals surface area contributed by atoms with E-state index in [1.54, 1.807) is 7.11 Å². The van der Waals surface area contributed by atoms with Crippen molar-refractivity contribution in [3.05, 3.63) is 29.8 Å². The second-order valence-corrected chi connectivity index (χ2v) is 7.76. The Balaban J connectivity index is 2.79. The van der Waals surface area contributed by atoms with E-state index < -0.39 is 6.10 Å². The standard InChI is InChI=1S/C25H44O6/c1-5-8-15-29-23(18-26)25(31-17-10-7-3)24(30-16-9-6-2)20-28-19-21-11-13-22(27-4)14-12-21/h11-14,23-26H,5-10,15-20H2,1-4H3. The molecule has 180 valence electrons. The van der Waals surface area contributed by atoms with E-state index in [-0.39, 0.29) is 18.8 Å². The molecule has 6 nitrogen and oxygen atoms in total. The highest BCUT2D eigenvalue weighted by molar-refractivity contribution is 5.26. The van der Waals surface area contributed by atoms with Crippen molar-refractivity contribution >= 4 is 0 Å². The van der Waals surface area contributed by atoms with Crippen LogP contribution in [0.3, 0.4) is 0 Å². The van der Waals surface area contributed by atoms with Gasteiger partial charge in [0.25, 0.3) is 0 Å². The highest BCUT2D eigenvalue weighted by Crippen LogP contribution is 2.17. The number of methoxy groups -OCH3 is 1. The largest absolute Gasteiger partial charge is 0.497 e. The number of hydrogen-bond acceptors (Lipinski definition) is 6. The van der Waals surface area contributed by atoms with E-state index in [1.165, 1.54) is 0 Å². The van der Waals surface area contributed by atoms with Crippen molar-refractivity contribution in [3.8, 4) is 5.75 Å². The smallest absolute Gasteiger partial charge is 0.118 e. The van der Waals surface area contributed by atoms with Gasteiger partial charge >= 0.3 is 0 Å². The van der Waals surface area contributed by atoms with Gasteiger partial charge in [0, 0.05) is 19.8 Å². The normalized spacial score (nSPS) is 14.4. The van der Waals surface area contributed by atoms with E-state index in [9.17, 15) is 5.11 Å². The molecule has 0 aliphatic heterocycles. The molecule has 0 radical (unpaired) electrons. The summed E-state index contributed by atoms with van der Waals surface area (Å²) in [6.07, 6.45) is 4.91. The van der Waals surface area contributed by atoms with Gasteiger partial charge in [0.15, 0.2) is 0 Å². The predicted octanol–water partition coefficient (Wildman–Crippen LogP) is 4.76. The first kappa shape index (κ1) is 27.9. The molecular weight excluding hydrogens is 396 g/mol. The number of ether oxygens (including phenoxy) is 5. The first-order valence-corrected chi connectivity index (χ1v) is 11.9. The van der Waals surface area contributed by atoms with Crippen LogP contribution in [0.25, 0.3) is 0 Å². The van der Waals surface area contributed by atoms with Gasteiger partial charge in [-0.3, -0.25) is 0 Å². The molecule has 1 aromatic rings. The Morgan fingerprint density at radius 1 is 0.774 bits per heavy atom. The molecule has 1 aromatic carbocycles. The minimum atomic E-state index is -0.431. The van der Waals surface area contributed by atoms with Crippen LogP contribution in [-0.4, -0.2) is 63.6 Å². The molecular formula is C25H44O6. The molecule has 0 saturated heterocycles. The Hall–Kier alpha value is -1.18. The van der Waals surface area contributed by atoms with Gasteiger partial charge in [-0.25, -0.2) is 0 Å². The highest BCUT2D eigenvalue weighted by atomic mass is 16.6.